The second kappa shape index (κ2) is 9.61. The molecule has 0 heterocycles. The van der Waals surface area contributed by atoms with Crippen LogP contribution < -0.4 is 15.4 Å². The van der Waals surface area contributed by atoms with Gasteiger partial charge < -0.3 is 15.4 Å². The molecular weight excluding hydrogens is 328 g/mol. The van der Waals surface area contributed by atoms with Crippen LogP contribution in [-0.2, 0) is 0 Å². The summed E-state index contributed by atoms with van der Waals surface area (Å²) >= 11 is 0. The minimum absolute atomic E-state index is 0.218. The van der Waals surface area contributed by atoms with E-state index in [1.807, 2.05) is 13.0 Å². The molecule has 0 atom stereocenters. The summed E-state index contributed by atoms with van der Waals surface area (Å²) in [6.45, 7) is 7.18. The van der Waals surface area contributed by atoms with Crippen molar-refractivity contribution >= 4 is 17.5 Å². The standard InChI is InChI=1S/C21H26N2O3/c1-4-22-20(24)16-9-5-7-11-18(16)23-21(25)17-10-6-8-12-19(17)26-14-13-15(2)3/h5-12,15H,4,13-14H2,1-3H3,(H,22,24)(H,23,25). The van der Waals surface area contributed by atoms with Crippen molar-refractivity contribution in [3.8, 4) is 5.75 Å². The lowest BCUT2D eigenvalue weighted by Gasteiger charge is -2.14. The molecule has 0 spiro atoms. The summed E-state index contributed by atoms with van der Waals surface area (Å²) < 4.78 is 5.78. The Morgan fingerprint density at radius 1 is 0.962 bits per heavy atom. The predicted molar refractivity (Wildman–Crippen MR) is 104 cm³/mol. The van der Waals surface area contributed by atoms with Gasteiger partial charge in [0.2, 0.25) is 0 Å². The van der Waals surface area contributed by atoms with Gasteiger partial charge in [-0.25, -0.2) is 0 Å². The Hall–Kier alpha value is -2.82. The second-order valence-corrected chi connectivity index (χ2v) is 6.39. The van der Waals surface area contributed by atoms with Gasteiger partial charge in [0.25, 0.3) is 11.8 Å². The molecule has 0 saturated heterocycles. The summed E-state index contributed by atoms with van der Waals surface area (Å²) in [5.41, 5.74) is 1.35. The van der Waals surface area contributed by atoms with Gasteiger partial charge in [-0.15, -0.1) is 0 Å². The number of ether oxygens (including phenoxy) is 1. The zero-order valence-electron chi connectivity index (χ0n) is 15.5. The van der Waals surface area contributed by atoms with E-state index in [1.54, 1.807) is 42.5 Å². The number of para-hydroxylation sites is 2. The molecule has 0 bridgehead atoms. The Morgan fingerprint density at radius 3 is 2.31 bits per heavy atom. The number of rotatable bonds is 8. The zero-order chi connectivity index (χ0) is 18.9. The van der Waals surface area contributed by atoms with Crippen molar-refractivity contribution in [2.24, 2.45) is 5.92 Å². The molecule has 2 amide bonds. The molecule has 5 heteroatoms. The quantitative estimate of drug-likeness (QED) is 0.749. The molecule has 0 saturated carbocycles. The highest BCUT2D eigenvalue weighted by molar-refractivity contribution is 6.10. The molecule has 2 rings (SSSR count). The summed E-state index contributed by atoms with van der Waals surface area (Å²) in [7, 11) is 0. The van der Waals surface area contributed by atoms with Gasteiger partial charge in [-0.3, -0.25) is 9.59 Å². The van der Waals surface area contributed by atoms with Crippen molar-refractivity contribution in [1.82, 2.24) is 5.32 Å². The Balaban J connectivity index is 2.17. The average Bonchev–Trinajstić information content (AvgIpc) is 2.62. The van der Waals surface area contributed by atoms with Gasteiger partial charge in [0.05, 0.1) is 23.4 Å². The van der Waals surface area contributed by atoms with E-state index in [0.29, 0.717) is 41.6 Å². The number of hydrogen-bond acceptors (Lipinski definition) is 3. The van der Waals surface area contributed by atoms with Crippen LogP contribution in [0.2, 0.25) is 0 Å². The highest BCUT2D eigenvalue weighted by Crippen LogP contribution is 2.22. The van der Waals surface area contributed by atoms with E-state index in [0.717, 1.165) is 6.42 Å². The molecule has 2 aromatic rings. The van der Waals surface area contributed by atoms with E-state index in [-0.39, 0.29) is 11.8 Å². The Morgan fingerprint density at radius 2 is 1.62 bits per heavy atom. The maximum absolute atomic E-state index is 12.7. The molecule has 2 aromatic carbocycles. The van der Waals surface area contributed by atoms with E-state index in [2.05, 4.69) is 24.5 Å². The number of amides is 2. The maximum Gasteiger partial charge on any atom is 0.259 e. The molecule has 138 valence electrons. The number of nitrogens with one attached hydrogen (secondary N) is 2. The number of benzene rings is 2. The molecule has 0 aliphatic heterocycles. The lowest BCUT2D eigenvalue weighted by molar-refractivity contribution is 0.0956. The van der Waals surface area contributed by atoms with Crippen LogP contribution in [0, 0.1) is 5.92 Å². The Bertz CT molecular complexity index is 756. The molecule has 5 nitrogen and oxygen atoms in total. The number of hydrogen-bond donors (Lipinski definition) is 2. The fourth-order valence-electron chi connectivity index (χ4n) is 2.42. The highest BCUT2D eigenvalue weighted by Gasteiger charge is 2.16. The first-order valence-electron chi connectivity index (χ1n) is 8.93. The SMILES string of the molecule is CCNC(=O)c1ccccc1NC(=O)c1ccccc1OCCC(C)C. The Labute approximate surface area is 154 Å². The van der Waals surface area contributed by atoms with E-state index in [1.165, 1.54) is 0 Å². The summed E-state index contributed by atoms with van der Waals surface area (Å²) in [5.74, 6) is 0.549. The van der Waals surface area contributed by atoms with Crippen LogP contribution in [0.25, 0.3) is 0 Å². The van der Waals surface area contributed by atoms with Crippen molar-refractivity contribution in [1.29, 1.82) is 0 Å². The number of carbonyl (C=O) groups is 2. The van der Waals surface area contributed by atoms with E-state index in [9.17, 15) is 9.59 Å². The summed E-state index contributed by atoms with van der Waals surface area (Å²) in [5, 5.41) is 5.58. The van der Waals surface area contributed by atoms with Gasteiger partial charge in [0.1, 0.15) is 5.75 Å². The van der Waals surface area contributed by atoms with Gasteiger partial charge >= 0.3 is 0 Å². The van der Waals surface area contributed by atoms with Crippen LogP contribution in [0.15, 0.2) is 48.5 Å². The average molecular weight is 354 g/mol. The third-order valence-corrected chi connectivity index (χ3v) is 3.84. The van der Waals surface area contributed by atoms with E-state index < -0.39 is 0 Å². The first kappa shape index (κ1) is 19.5. The van der Waals surface area contributed by atoms with E-state index in [4.69, 9.17) is 4.74 Å². The van der Waals surface area contributed by atoms with Crippen LogP contribution in [-0.4, -0.2) is 25.0 Å². The molecule has 26 heavy (non-hydrogen) atoms. The maximum atomic E-state index is 12.7. The van der Waals surface area contributed by atoms with Crippen LogP contribution >= 0.6 is 0 Å². The smallest absolute Gasteiger partial charge is 0.259 e. The van der Waals surface area contributed by atoms with Crippen molar-refractivity contribution < 1.29 is 14.3 Å². The van der Waals surface area contributed by atoms with Gasteiger partial charge in [-0.05, 0) is 43.5 Å². The third kappa shape index (κ3) is 5.34. The number of carbonyl (C=O) groups excluding carboxylic acids is 2. The molecule has 0 radical (unpaired) electrons. The lowest BCUT2D eigenvalue weighted by atomic mass is 10.1. The fourth-order valence-corrected chi connectivity index (χ4v) is 2.42. The molecule has 0 aromatic heterocycles. The van der Waals surface area contributed by atoms with Crippen LogP contribution in [0.1, 0.15) is 47.9 Å². The van der Waals surface area contributed by atoms with Gasteiger partial charge in [-0.1, -0.05) is 38.1 Å². The lowest BCUT2D eigenvalue weighted by Crippen LogP contribution is -2.25. The largest absolute Gasteiger partial charge is 0.493 e. The van der Waals surface area contributed by atoms with Gasteiger partial charge in [0, 0.05) is 6.54 Å². The number of anilines is 1. The van der Waals surface area contributed by atoms with Crippen molar-refractivity contribution in [3.63, 3.8) is 0 Å². The molecule has 0 fully saturated rings. The topological polar surface area (TPSA) is 67.4 Å². The molecular formula is C21H26N2O3. The molecule has 0 aliphatic rings. The molecule has 0 aliphatic carbocycles. The zero-order valence-corrected chi connectivity index (χ0v) is 15.5. The summed E-state index contributed by atoms with van der Waals surface area (Å²) in [4.78, 5) is 24.9. The predicted octanol–water partition coefficient (Wildman–Crippen LogP) is 4.11. The van der Waals surface area contributed by atoms with Crippen molar-refractivity contribution in [2.75, 3.05) is 18.5 Å². The van der Waals surface area contributed by atoms with Crippen molar-refractivity contribution in [3.05, 3.63) is 59.7 Å². The first-order chi connectivity index (χ1) is 12.5. The highest BCUT2D eigenvalue weighted by atomic mass is 16.5. The van der Waals surface area contributed by atoms with Gasteiger partial charge in [0.15, 0.2) is 0 Å². The van der Waals surface area contributed by atoms with Crippen LogP contribution in [0.4, 0.5) is 5.69 Å². The van der Waals surface area contributed by atoms with Crippen molar-refractivity contribution in [2.45, 2.75) is 27.2 Å². The van der Waals surface area contributed by atoms with Crippen LogP contribution in [0.3, 0.4) is 0 Å². The Kier molecular flexibility index (Phi) is 7.21. The molecule has 0 unspecified atom stereocenters. The summed E-state index contributed by atoms with van der Waals surface area (Å²) in [6.07, 6.45) is 0.913. The van der Waals surface area contributed by atoms with Crippen LogP contribution in [0.5, 0.6) is 5.75 Å². The first-order valence-corrected chi connectivity index (χ1v) is 8.93. The van der Waals surface area contributed by atoms with Gasteiger partial charge in [-0.2, -0.15) is 0 Å². The minimum atomic E-state index is -0.304. The minimum Gasteiger partial charge on any atom is -0.493 e. The second-order valence-electron chi connectivity index (χ2n) is 6.39. The molecule has 2 N–H and O–H groups in total. The normalized spacial score (nSPS) is 10.5. The third-order valence-electron chi connectivity index (χ3n) is 3.84. The van der Waals surface area contributed by atoms with E-state index >= 15 is 0 Å². The summed E-state index contributed by atoms with van der Waals surface area (Å²) in [6, 6.07) is 14.1. The fraction of sp³-hybridized carbons (Fsp3) is 0.333. The monoisotopic (exact) mass is 354 g/mol.